The van der Waals surface area contributed by atoms with Crippen molar-refractivity contribution in [1.29, 1.82) is 0 Å². The van der Waals surface area contributed by atoms with Gasteiger partial charge in [-0.1, -0.05) is 53.8 Å². The van der Waals surface area contributed by atoms with Gasteiger partial charge in [-0.25, -0.2) is 19.7 Å². The highest BCUT2D eigenvalue weighted by atomic mass is 32.2. The van der Waals surface area contributed by atoms with Gasteiger partial charge in [0.05, 0.1) is 55.5 Å². The van der Waals surface area contributed by atoms with Crippen LogP contribution in [-0.2, 0) is 9.53 Å². The molecular weight excluding hydrogens is 681 g/mol. The van der Waals surface area contributed by atoms with Crippen LogP contribution in [0.5, 0.6) is 0 Å². The smallest absolute Gasteiger partial charge is 0.338 e. The Morgan fingerprint density at radius 2 is 1.69 bits per heavy atom. The molecule has 0 N–H and O–H groups in total. The van der Waals surface area contributed by atoms with Crippen LogP contribution in [-0.4, -0.2) is 33.9 Å². The summed E-state index contributed by atoms with van der Waals surface area (Å²) in [6.07, 6.45) is 1.67. The Labute approximate surface area is 290 Å². The summed E-state index contributed by atoms with van der Waals surface area (Å²) >= 11 is 3.97. The summed E-state index contributed by atoms with van der Waals surface area (Å²) in [4.78, 5) is 63.9. The third kappa shape index (κ3) is 5.36. The molecule has 0 saturated heterocycles. The second-order valence-electron chi connectivity index (χ2n) is 11.1. The van der Waals surface area contributed by atoms with Crippen LogP contribution in [0.4, 0.5) is 5.69 Å². The van der Waals surface area contributed by atoms with Gasteiger partial charge >= 0.3 is 5.97 Å². The van der Waals surface area contributed by atoms with Gasteiger partial charge in [-0.15, -0.1) is 11.3 Å². The summed E-state index contributed by atoms with van der Waals surface area (Å²) < 4.78 is 14.9. The number of furan rings is 1. The van der Waals surface area contributed by atoms with Gasteiger partial charge in [-0.05, 0) is 73.6 Å². The largest absolute Gasteiger partial charge is 0.463 e. The molecule has 8 rings (SSSR count). The van der Waals surface area contributed by atoms with Crippen molar-refractivity contribution in [3.63, 3.8) is 0 Å². The molecule has 3 aromatic carbocycles. The lowest BCUT2D eigenvalue weighted by Crippen LogP contribution is -2.39. The number of benzene rings is 3. The summed E-state index contributed by atoms with van der Waals surface area (Å²) in [5.41, 5.74) is 3.31. The van der Waals surface area contributed by atoms with Gasteiger partial charge in [0.2, 0.25) is 0 Å². The maximum atomic E-state index is 13.9. The number of anilines is 1. The molecule has 2 amide bonds. The lowest BCUT2D eigenvalue weighted by molar-refractivity contribution is -0.139. The molecule has 0 bridgehead atoms. The van der Waals surface area contributed by atoms with E-state index in [9.17, 15) is 19.2 Å². The zero-order valence-corrected chi connectivity index (χ0v) is 28.4. The molecule has 0 aliphatic carbocycles. The zero-order chi connectivity index (χ0) is 33.8. The van der Waals surface area contributed by atoms with Crippen molar-refractivity contribution in [2.45, 2.75) is 29.3 Å². The van der Waals surface area contributed by atoms with Crippen molar-refractivity contribution in [2.75, 3.05) is 11.5 Å². The lowest BCUT2D eigenvalue weighted by atomic mass is 9.96. The molecule has 0 fully saturated rings. The highest BCUT2D eigenvalue weighted by molar-refractivity contribution is 8.01. The van der Waals surface area contributed by atoms with Crippen LogP contribution >= 0.6 is 34.4 Å². The number of thiazole rings is 2. The van der Waals surface area contributed by atoms with Gasteiger partial charge in [0.15, 0.2) is 14.2 Å². The van der Waals surface area contributed by atoms with Crippen molar-refractivity contribution < 1.29 is 23.5 Å². The molecule has 6 aromatic rings. The molecule has 242 valence electrons. The quantitative estimate of drug-likeness (QED) is 0.148. The first-order valence-electron chi connectivity index (χ1n) is 15.2. The van der Waals surface area contributed by atoms with Gasteiger partial charge in [0, 0.05) is 6.08 Å². The van der Waals surface area contributed by atoms with E-state index in [0.717, 1.165) is 15.8 Å². The fraction of sp³-hybridized carbons (Fsp3) is 0.111. The van der Waals surface area contributed by atoms with Crippen molar-refractivity contribution in [3.05, 3.63) is 138 Å². The number of esters is 1. The molecule has 2 aliphatic rings. The van der Waals surface area contributed by atoms with Crippen molar-refractivity contribution in [3.8, 4) is 0 Å². The normalized spacial score (nSPS) is 15.9. The predicted molar refractivity (Wildman–Crippen MR) is 187 cm³/mol. The highest BCUT2D eigenvalue weighted by Gasteiger charge is 2.36. The average Bonchev–Trinajstić information content (AvgIpc) is 3.85. The van der Waals surface area contributed by atoms with Crippen LogP contribution in [0.25, 0.3) is 16.3 Å². The van der Waals surface area contributed by atoms with Gasteiger partial charge in [0.25, 0.3) is 17.4 Å². The lowest BCUT2D eigenvalue weighted by Gasteiger charge is -2.24. The first-order valence-corrected chi connectivity index (χ1v) is 17.7. The number of rotatable bonds is 7. The van der Waals surface area contributed by atoms with Crippen LogP contribution in [0.3, 0.4) is 0 Å². The third-order valence-corrected chi connectivity index (χ3v) is 11.1. The standard InChI is InChI=1S/C36H24N4O6S3/c1-3-45-34(44)29-19(2)37-35-40(30(29)20-9-5-4-6-10-20)33(43)27(47-35)18-22-14-16-28(46-22)49-36-38-25-15-13-21(17-26(25)48-36)39-31(41)23-11-7-8-12-24(23)32(39)42/h4-18,30H,3H2,1-2H3/b27-18-/t30-/m1/s1. The Bertz CT molecular complexity index is 2530. The number of amides is 2. The minimum absolute atomic E-state index is 0.203. The topological polar surface area (TPSA) is 124 Å². The summed E-state index contributed by atoms with van der Waals surface area (Å²) in [7, 11) is 0. The molecule has 10 nitrogen and oxygen atoms in total. The summed E-state index contributed by atoms with van der Waals surface area (Å²) in [5, 5.41) is 0.571. The number of fused-ring (bicyclic) bond motifs is 3. The molecule has 2 aliphatic heterocycles. The van der Waals surface area contributed by atoms with Gasteiger partial charge in [0.1, 0.15) is 5.76 Å². The summed E-state index contributed by atoms with van der Waals surface area (Å²) in [6, 6.07) is 24.4. The summed E-state index contributed by atoms with van der Waals surface area (Å²) in [6.45, 7) is 3.70. The highest BCUT2D eigenvalue weighted by Crippen LogP contribution is 2.38. The van der Waals surface area contributed by atoms with Crippen molar-refractivity contribution in [2.24, 2.45) is 4.99 Å². The molecule has 0 saturated carbocycles. The van der Waals surface area contributed by atoms with Gasteiger partial charge < -0.3 is 9.15 Å². The molecular formula is C36H24N4O6S3. The number of nitrogens with zero attached hydrogens (tertiary/aromatic N) is 4. The van der Waals surface area contributed by atoms with Gasteiger partial charge in [-0.2, -0.15) is 0 Å². The minimum Gasteiger partial charge on any atom is -0.463 e. The van der Waals surface area contributed by atoms with E-state index in [4.69, 9.17) is 14.1 Å². The van der Waals surface area contributed by atoms with E-state index in [0.29, 0.717) is 52.6 Å². The fourth-order valence-corrected chi connectivity index (χ4v) is 8.95. The first kappa shape index (κ1) is 30.9. The van der Waals surface area contributed by atoms with E-state index in [2.05, 4.69) is 4.99 Å². The number of carbonyl (C=O) groups excluding carboxylic acids is 3. The Morgan fingerprint density at radius 3 is 2.43 bits per heavy atom. The van der Waals surface area contributed by atoms with Crippen LogP contribution in [0.15, 0.2) is 120 Å². The number of allylic oxidation sites excluding steroid dienone is 1. The molecule has 0 radical (unpaired) electrons. The number of hydrogen-bond acceptors (Lipinski definition) is 11. The number of imide groups is 1. The van der Waals surface area contributed by atoms with E-state index in [-0.39, 0.29) is 24.0 Å². The Balaban J connectivity index is 1.07. The SMILES string of the molecule is CCOC(=O)C1=C(C)N=c2s/c(=C\c3ccc(Sc4nc5ccc(N6C(=O)c7ccccc7C6=O)cc5s4)o3)c(=O)n2[C@@H]1c1ccccc1. The van der Waals surface area contributed by atoms with Gasteiger partial charge in [-0.3, -0.25) is 19.0 Å². The first-order chi connectivity index (χ1) is 23.8. The maximum Gasteiger partial charge on any atom is 0.338 e. The number of aromatic nitrogens is 2. The Hall–Kier alpha value is -5.37. The second kappa shape index (κ2) is 12.3. The minimum atomic E-state index is -0.682. The fourth-order valence-electron chi connectivity index (χ4n) is 5.92. The van der Waals surface area contributed by atoms with E-state index in [1.165, 1.54) is 39.3 Å². The van der Waals surface area contributed by atoms with Crippen molar-refractivity contribution >= 4 is 74.2 Å². The maximum absolute atomic E-state index is 13.9. The van der Waals surface area contributed by atoms with Crippen LogP contribution in [0, 0.1) is 0 Å². The molecule has 5 heterocycles. The molecule has 0 spiro atoms. The molecule has 1 atom stereocenters. The third-order valence-electron chi connectivity index (χ3n) is 8.10. The van der Waals surface area contributed by atoms with Crippen molar-refractivity contribution in [1.82, 2.24) is 9.55 Å². The number of ether oxygens (including phenoxy) is 1. The molecule has 0 unspecified atom stereocenters. The molecule has 3 aromatic heterocycles. The predicted octanol–water partition coefficient (Wildman–Crippen LogP) is 5.95. The second-order valence-corrected chi connectivity index (χ2v) is 14.4. The monoisotopic (exact) mass is 704 g/mol. The van der Waals surface area contributed by atoms with Crippen LogP contribution in [0.1, 0.15) is 51.9 Å². The van der Waals surface area contributed by atoms with E-state index in [1.807, 2.05) is 30.3 Å². The molecule has 13 heteroatoms. The van der Waals surface area contributed by atoms with Crippen LogP contribution < -0.4 is 19.8 Å². The summed E-state index contributed by atoms with van der Waals surface area (Å²) in [5.74, 6) is -0.729. The van der Waals surface area contributed by atoms with E-state index in [1.54, 1.807) is 79.1 Å². The van der Waals surface area contributed by atoms with Crippen LogP contribution in [0.2, 0.25) is 0 Å². The number of hydrogen-bond donors (Lipinski definition) is 0. The van der Waals surface area contributed by atoms with E-state index < -0.39 is 12.0 Å². The molecule has 49 heavy (non-hydrogen) atoms. The Morgan fingerprint density at radius 1 is 0.959 bits per heavy atom. The number of carbonyl (C=O) groups is 3. The Kier molecular flexibility index (Phi) is 7.74. The average molecular weight is 705 g/mol. The van der Waals surface area contributed by atoms with E-state index >= 15 is 0 Å². The zero-order valence-electron chi connectivity index (χ0n) is 25.9.